The molecule has 2 bridgehead atoms. The third-order valence-electron chi connectivity index (χ3n) is 8.82. The Kier molecular flexibility index (Phi) is 5.07. The van der Waals surface area contributed by atoms with Crippen LogP contribution in [0.3, 0.4) is 0 Å². The molecule has 0 aromatic heterocycles. The van der Waals surface area contributed by atoms with Crippen molar-refractivity contribution in [1.29, 1.82) is 0 Å². The van der Waals surface area contributed by atoms with E-state index in [4.69, 9.17) is 4.74 Å². The van der Waals surface area contributed by atoms with Gasteiger partial charge in [0.05, 0.1) is 0 Å². The van der Waals surface area contributed by atoms with Crippen LogP contribution in [0.4, 0.5) is 0 Å². The Balaban J connectivity index is 2.21. The molecule has 3 fully saturated rings. The number of carbonyl (C=O) groups is 3. The quantitative estimate of drug-likeness (QED) is 0.762. The molecule has 3 rings (SSSR count). The first-order valence-electron chi connectivity index (χ1n) is 10.4. The highest BCUT2D eigenvalue weighted by Crippen LogP contribution is 2.67. The second-order valence-electron chi connectivity index (χ2n) is 9.78. The molecular weight excluding hydrogens is 344 g/mol. The van der Waals surface area contributed by atoms with Crippen LogP contribution in [-0.4, -0.2) is 35.4 Å². The average molecular weight is 379 g/mol. The number of carbonyl (C=O) groups excluding carboxylic acids is 3. The van der Waals surface area contributed by atoms with Gasteiger partial charge in [0.2, 0.25) is 0 Å². The van der Waals surface area contributed by atoms with Gasteiger partial charge in [0.25, 0.3) is 0 Å². The van der Waals surface area contributed by atoms with E-state index in [0.717, 1.165) is 19.3 Å². The maximum Gasteiger partial charge on any atom is 0.332 e. The van der Waals surface area contributed by atoms with E-state index in [2.05, 4.69) is 13.8 Å². The van der Waals surface area contributed by atoms with Crippen LogP contribution >= 0.6 is 0 Å². The van der Waals surface area contributed by atoms with Gasteiger partial charge in [0.15, 0.2) is 0 Å². The molecule has 0 aromatic rings. The van der Waals surface area contributed by atoms with Crippen LogP contribution in [0.25, 0.3) is 0 Å². The van der Waals surface area contributed by atoms with Gasteiger partial charge in [-0.05, 0) is 43.4 Å². The molecule has 0 aliphatic heterocycles. The van der Waals surface area contributed by atoms with Crippen molar-refractivity contribution >= 4 is 17.5 Å². The zero-order chi connectivity index (χ0) is 20.2. The molecular formula is C22H34O5. The Morgan fingerprint density at radius 2 is 1.89 bits per heavy atom. The standard InChI is InChI=1S/C22H34O5/c1-6-20(4)11-16(27-17(25)12-23)21(5)13(2)7-9-22(14(3)19(20)26)10-8-15(24)18(21)22/h13-14,16,18,23H,6-12H2,1-5H3/t13?,14-,16+,18?,20+,21?,22-/m0/s1. The number of Topliss-reactive ketones (excluding diaryl/α,β-unsaturated/α-hetero) is 2. The maximum atomic E-state index is 13.6. The zero-order valence-electron chi connectivity index (χ0n) is 17.3. The molecule has 0 radical (unpaired) electrons. The fourth-order valence-corrected chi connectivity index (χ4v) is 6.66. The molecule has 3 saturated carbocycles. The molecule has 0 saturated heterocycles. The zero-order valence-corrected chi connectivity index (χ0v) is 17.3. The summed E-state index contributed by atoms with van der Waals surface area (Å²) in [4.78, 5) is 38.8. The summed E-state index contributed by atoms with van der Waals surface area (Å²) in [6.45, 7) is 9.56. The van der Waals surface area contributed by atoms with Gasteiger partial charge in [0.1, 0.15) is 24.3 Å². The van der Waals surface area contributed by atoms with E-state index in [1.54, 1.807) is 0 Å². The van der Waals surface area contributed by atoms with Crippen molar-refractivity contribution in [3.63, 3.8) is 0 Å². The molecule has 3 aliphatic carbocycles. The van der Waals surface area contributed by atoms with Crippen LogP contribution in [0.5, 0.6) is 0 Å². The molecule has 0 spiro atoms. The van der Waals surface area contributed by atoms with E-state index in [9.17, 15) is 19.5 Å². The largest absolute Gasteiger partial charge is 0.460 e. The summed E-state index contributed by atoms with van der Waals surface area (Å²) in [6, 6.07) is 0. The van der Waals surface area contributed by atoms with Crippen LogP contribution in [0, 0.1) is 34.0 Å². The summed E-state index contributed by atoms with van der Waals surface area (Å²) < 4.78 is 5.78. The molecule has 5 nitrogen and oxygen atoms in total. The molecule has 0 aromatic carbocycles. The number of esters is 1. The molecule has 3 aliphatic rings. The topological polar surface area (TPSA) is 80.7 Å². The fraction of sp³-hybridized carbons (Fsp3) is 0.864. The van der Waals surface area contributed by atoms with Gasteiger partial charge in [-0.3, -0.25) is 9.59 Å². The van der Waals surface area contributed by atoms with E-state index in [0.29, 0.717) is 19.3 Å². The number of aliphatic hydroxyl groups excluding tert-OH is 1. The number of hydrogen-bond acceptors (Lipinski definition) is 5. The second-order valence-corrected chi connectivity index (χ2v) is 9.78. The average Bonchev–Trinajstić information content (AvgIpc) is 3.00. The molecule has 7 atom stereocenters. The summed E-state index contributed by atoms with van der Waals surface area (Å²) in [5, 5.41) is 9.28. The molecule has 0 amide bonds. The Bertz CT molecular complexity index is 657. The third-order valence-corrected chi connectivity index (χ3v) is 8.82. The van der Waals surface area contributed by atoms with Gasteiger partial charge in [-0.1, -0.05) is 34.6 Å². The van der Waals surface area contributed by atoms with Gasteiger partial charge in [-0.15, -0.1) is 0 Å². The lowest BCUT2D eigenvalue weighted by atomic mass is 9.44. The summed E-state index contributed by atoms with van der Waals surface area (Å²) in [5.41, 5.74) is -1.43. The van der Waals surface area contributed by atoms with Crippen molar-refractivity contribution in [3.05, 3.63) is 0 Å². The Labute approximate surface area is 162 Å². The van der Waals surface area contributed by atoms with E-state index < -0.39 is 29.5 Å². The predicted molar refractivity (Wildman–Crippen MR) is 101 cm³/mol. The first kappa shape index (κ1) is 20.5. The van der Waals surface area contributed by atoms with Crippen LogP contribution in [0.15, 0.2) is 0 Å². The van der Waals surface area contributed by atoms with Crippen LogP contribution in [0.1, 0.15) is 73.1 Å². The van der Waals surface area contributed by atoms with Gasteiger partial charge < -0.3 is 9.84 Å². The van der Waals surface area contributed by atoms with Crippen molar-refractivity contribution in [3.8, 4) is 0 Å². The van der Waals surface area contributed by atoms with Gasteiger partial charge in [-0.25, -0.2) is 4.79 Å². The minimum atomic E-state index is -0.683. The highest BCUT2D eigenvalue weighted by Gasteiger charge is 2.68. The van der Waals surface area contributed by atoms with Gasteiger partial charge in [-0.2, -0.15) is 0 Å². The highest BCUT2D eigenvalue weighted by molar-refractivity contribution is 5.92. The monoisotopic (exact) mass is 378 g/mol. The Morgan fingerprint density at radius 3 is 2.48 bits per heavy atom. The normalized spacial score (nSPS) is 47.2. The van der Waals surface area contributed by atoms with Crippen LogP contribution in [0.2, 0.25) is 0 Å². The second kappa shape index (κ2) is 6.68. The smallest absolute Gasteiger partial charge is 0.332 e. The van der Waals surface area contributed by atoms with E-state index >= 15 is 0 Å². The van der Waals surface area contributed by atoms with Crippen molar-refractivity contribution in [2.24, 2.45) is 34.0 Å². The Hall–Kier alpha value is -1.23. The number of ether oxygens (including phenoxy) is 1. The van der Waals surface area contributed by atoms with Crippen LogP contribution in [-0.2, 0) is 19.1 Å². The number of rotatable bonds is 3. The SMILES string of the molecule is CC[C@]1(C)C[C@@H](OC(=O)CO)C2(C)C(C)CC[C@]3(CCC(=O)C23)[C@@H](C)C1=O. The first-order valence-corrected chi connectivity index (χ1v) is 10.4. The van der Waals surface area contributed by atoms with Crippen molar-refractivity contribution < 1.29 is 24.2 Å². The lowest BCUT2D eigenvalue weighted by Crippen LogP contribution is -2.62. The molecule has 5 heteroatoms. The van der Waals surface area contributed by atoms with Gasteiger partial charge in [0, 0.05) is 29.1 Å². The Morgan fingerprint density at radius 1 is 1.22 bits per heavy atom. The van der Waals surface area contributed by atoms with Crippen molar-refractivity contribution in [1.82, 2.24) is 0 Å². The third kappa shape index (κ3) is 2.72. The molecule has 152 valence electrons. The molecule has 3 unspecified atom stereocenters. The number of hydrogen-bond donors (Lipinski definition) is 1. The fourth-order valence-electron chi connectivity index (χ4n) is 6.66. The number of ketones is 2. The van der Waals surface area contributed by atoms with Crippen molar-refractivity contribution in [2.45, 2.75) is 79.2 Å². The van der Waals surface area contributed by atoms with E-state index in [1.807, 2.05) is 20.8 Å². The lowest BCUT2D eigenvalue weighted by Gasteiger charge is -2.60. The van der Waals surface area contributed by atoms with E-state index in [1.165, 1.54) is 0 Å². The summed E-state index contributed by atoms with van der Waals surface area (Å²) in [5.74, 6) is -0.476. The first-order chi connectivity index (χ1) is 12.6. The minimum absolute atomic E-state index is 0.166. The molecule has 0 heterocycles. The van der Waals surface area contributed by atoms with E-state index in [-0.39, 0.29) is 34.7 Å². The lowest BCUT2D eigenvalue weighted by molar-refractivity contribution is -0.197. The van der Waals surface area contributed by atoms with Gasteiger partial charge >= 0.3 is 5.97 Å². The maximum absolute atomic E-state index is 13.6. The summed E-state index contributed by atoms with van der Waals surface area (Å²) in [6.07, 6.45) is 3.61. The molecule has 27 heavy (non-hydrogen) atoms. The van der Waals surface area contributed by atoms with Crippen molar-refractivity contribution in [2.75, 3.05) is 6.61 Å². The molecule has 1 N–H and O–H groups in total. The predicted octanol–water partition coefficient (Wildman–Crippen LogP) is 3.32. The summed E-state index contributed by atoms with van der Waals surface area (Å²) in [7, 11) is 0. The minimum Gasteiger partial charge on any atom is -0.460 e. The summed E-state index contributed by atoms with van der Waals surface area (Å²) >= 11 is 0. The highest BCUT2D eigenvalue weighted by atomic mass is 16.6. The van der Waals surface area contributed by atoms with Crippen LogP contribution < -0.4 is 0 Å². The number of aliphatic hydroxyl groups is 1.